The van der Waals surface area contributed by atoms with Crippen molar-refractivity contribution in [2.24, 2.45) is 11.5 Å². The first-order valence-electron chi connectivity index (χ1n) is 10.4. The van der Waals surface area contributed by atoms with E-state index in [1.54, 1.807) is 24.3 Å². The summed E-state index contributed by atoms with van der Waals surface area (Å²) >= 11 is 0. The maximum atomic E-state index is 13.1. The van der Waals surface area contributed by atoms with Gasteiger partial charge in [-0.15, -0.1) is 0 Å². The second kappa shape index (κ2) is 12.2. The highest BCUT2D eigenvalue weighted by Crippen LogP contribution is 2.18. The summed E-state index contributed by atoms with van der Waals surface area (Å²) in [6.07, 6.45) is 2.60. The summed E-state index contributed by atoms with van der Waals surface area (Å²) in [5.74, 6) is -0.731. The van der Waals surface area contributed by atoms with Crippen LogP contribution in [0.2, 0.25) is 0 Å². The Morgan fingerprint density at radius 2 is 1.68 bits per heavy atom. The molecule has 0 unspecified atom stereocenters. The van der Waals surface area contributed by atoms with Crippen LogP contribution in [-0.4, -0.2) is 40.4 Å². The summed E-state index contributed by atoms with van der Waals surface area (Å²) in [6, 6.07) is 15.7. The molecule has 8 heteroatoms. The summed E-state index contributed by atoms with van der Waals surface area (Å²) in [5, 5.41) is 19.4. The number of nitrogens with two attached hydrogens (primary N) is 2. The number of benzene rings is 2. The van der Waals surface area contributed by atoms with E-state index in [0.29, 0.717) is 32.2 Å². The summed E-state index contributed by atoms with van der Waals surface area (Å²) in [5.41, 5.74) is 12.9. The van der Waals surface area contributed by atoms with Crippen LogP contribution in [0.5, 0.6) is 5.75 Å². The molecule has 31 heavy (non-hydrogen) atoms. The van der Waals surface area contributed by atoms with Crippen molar-refractivity contribution in [1.29, 1.82) is 5.41 Å². The molecule has 0 fully saturated rings. The topological polar surface area (TPSA) is 146 Å². The molecule has 0 aliphatic heterocycles. The molecule has 0 radical (unpaired) electrons. The Labute approximate surface area is 182 Å². The van der Waals surface area contributed by atoms with Crippen molar-refractivity contribution in [2.75, 3.05) is 6.54 Å². The van der Waals surface area contributed by atoms with Gasteiger partial charge in [0.2, 0.25) is 11.8 Å². The Balaban J connectivity index is 2.08. The van der Waals surface area contributed by atoms with E-state index in [0.717, 1.165) is 17.5 Å². The molecule has 0 bridgehead atoms. The van der Waals surface area contributed by atoms with Gasteiger partial charge in [0.15, 0.2) is 5.96 Å². The van der Waals surface area contributed by atoms with Crippen molar-refractivity contribution in [3.8, 4) is 5.75 Å². The third-order valence-corrected chi connectivity index (χ3v) is 4.98. The number of carbonyl (C=O) groups excluding carboxylic acids is 2. The quantitative estimate of drug-likeness (QED) is 0.200. The van der Waals surface area contributed by atoms with E-state index >= 15 is 0 Å². The molecule has 2 aromatic carbocycles. The molecule has 0 saturated carbocycles. The number of nitrogens with one attached hydrogen (secondary N) is 2. The normalized spacial score (nSPS) is 11.5. The van der Waals surface area contributed by atoms with Gasteiger partial charge >= 0.3 is 0 Å². The van der Waals surface area contributed by atoms with Gasteiger partial charge < -0.3 is 26.8 Å². The zero-order chi connectivity index (χ0) is 22.6. The zero-order valence-corrected chi connectivity index (χ0v) is 17.6. The average molecular weight is 426 g/mol. The average Bonchev–Trinajstić information content (AvgIpc) is 2.74. The highest BCUT2D eigenvalue weighted by Gasteiger charge is 2.27. The molecule has 8 nitrogen and oxygen atoms in total. The van der Waals surface area contributed by atoms with Crippen LogP contribution in [0.1, 0.15) is 36.8 Å². The van der Waals surface area contributed by atoms with E-state index in [1.165, 1.54) is 4.90 Å². The Morgan fingerprint density at radius 3 is 2.29 bits per heavy atom. The van der Waals surface area contributed by atoms with Crippen LogP contribution in [0.4, 0.5) is 0 Å². The largest absolute Gasteiger partial charge is 0.508 e. The number of aromatic hydroxyl groups is 1. The van der Waals surface area contributed by atoms with E-state index in [1.807, 2.05) is 30.3 Å². The lowest BCUT2D eigenvalue weighted by Crippen LogP contribution is -2.48. The predicted molar refractivity (Wildman–Crippen MR) is 120 cm³/mol. The predicted octanol–water partition coefficient (Wildman–Crippen LogP) is 1.86. The molecule has 1 atom stereocenters. The molecule has 0 aliphatic carbocycles. The van der Waals surface area contributed by atoms with Crippen molar-refractivity contribution in [2.45, 2.75) is 44.7 Å². The van der Waals surface area contributed by atoms with Gasteiger partial charge in [-0.2, -0.15) is 0 Å². The van der Waals surface area contributed by atoms with Crippen molar-refractivity contribution in [3.05, 3.63) is 65.7 Å². The van der Waals surface area contributed by atoms with Crippen LogP contribution >= 0.6 is 0 Å². The fourth-order valence-corrected chi connectivity index (χ4v) is 3.37. The maximum absolute atomic E-state index is 13.1. The van der Waals surface area contributed by atoms with Gasteiger partial charge in [0.05, 0.1) is 0 Å². The number of hydrogen-bond donors (Lipinski definition) is 5. The first-order valence-corrected chi connectivity index (χ1v) is 10.4. The van der Waals surface area contributed by atoms with Gasteiger partial charge in [-0.25, -0.2) is 0 Å². The van der Waals surface area contributed by atoms with Gasteiger partial charge in [-0.3, -0.25) is 15.0 Å². The second-order valence-corrected chi connectivity index (χ2v) is 7.43. The highest BCUT2D eigenvalue weighted by atomic mass is 16.3. The van der Waals surface area contributed by atoms with Crippen LogP contribution in [-0.2, 0) is 22.6 Å². The number of phenolic OH excluding ortho intramolecular Hbond substituents is 1. The van der Waals surface area contributed by atoms with Crippen LogP contribution < -0.4 is 16.8 Å². The van der Waals surface area contributed by atoms with Crippen molar-refractivity contribution in [3.63, 3.8) is 0 Å². The molecule has 0 saturated heterocycles. The summed E-state index contributed by atoms with van der Waals surface area (Å²) in [4.78, 5) is 26.8. The minimum atomic E-state index is -0.771. The van der Waals surface area contributed by atoms with E-state index in [9.17, 15) is 14.7 Å². The first-order chi connectivity index (χ1) is 14.9. The van der Waals surface area contributed by atoms with Gasteiger partial charge in [0.1, 0.15) is 11.8 Å². The number of hydrogen-bond acceptors (Lipinski definition) is 4. The molecule has 0 aromatic heterocycles. The summed E-state index contributed by atoms with van der Waals surface area (Å²) in [7, 11) is 0. The Kier molecular flexibility index (Phi) is 9.35. The monoisotopic (exact) mass is 425 g/mol. The van der Waals surface area contributed by atoms with Gasteiger partial charge in [-0.05, 0) is 48.9 Å². The van der Waals surface area contributed by atoms with Crippen LogP contribution in [0.15, 0.2) is 54.6 Å². The molecule has 166 valence electrons. The molecule has 2 amide bonds. The molecule has 2 rings (SSSR count). The second-order valence-electron chi connectivity index (χ2n) is 7.43. The zero-order valence-electron chi connectivity index (χ0n) is 17.6. The van der Waals surface area contributed by atoms with Crippen LogP contribution in [0.3, 0.4) is 0 Å². The van der Waals surface area contributed by atoms with Gasteiger partial charge in [0.25, 0.3) is 0 Å². The van der Waals surface area contributed by atoms with Gasteiger partial charge in [0, 0.05) is 19.5 Å². The summed E-state index contributed by atoms with van der Waals surface area (Å²) < 4.78 is 0. The van der Waals surface area contributed by atoms with Crippen LogP contribution in [0.25, 0.3) is 0 Å². The van der Waals surface area contributed by atoms with Crippen LogP contribution in [0, 0.1) is 5.41 Å². The lowest BCUT2D eigenvalue weighted by atomic mass is 10.0. The third-order valence-electron chi connectivity index (χ3n) is 4.98. The number of aryl methyl sites for hydroxylation is 1. The number of guanidine groups is 1. The number of carbonyl (C=O) groups is 2. The molecule has 0 heterocycles. The molecule has 7 N–H and O–H groups in total. The first kappa shape index (κ1) is 23.7. The fourth-order valence-electron chi connectivity index (χ4n) is 3.37. The standard InChI is InChI=1S/C23H31N5O3/c24-22(31)20(9-5-15-27-23(25)26)28(16-18-11-13-19(29)14-12-18)21(30)10-4-8-17-6-2-1-3-7-17/h1-3,6-7,11-14,20,29H,4-5,8-10,15-16H2,(H2,24,31)(H4,25,26,27)/t20-/m1/s1. The molecular weight excluding hydrogens is 394 g/mol. The lowest BCUT2D eigenvalue weighted by Gasteiger charge is -2.30. The smallest absolute Gasteiger partial charge is 0.240 e. The SMILES string of the molecule is N=C(N)NCCC[C@H](C(N)=O)N(Cc1ccc(O)cc1)C(=O)CCCc1ccccc1. The Morgan fingerprint density at radius 1 is 1.00 bits per heavy atom. The minimum absolute atomic E-state index is 0.131. The summed E-state index contributed by atoms with van der Waals surface area (Å²) in [6.45, 7) is 0.632. The molecule has 2 aromatic rings. The maximum Gasteiger partial charge on any atom is 0.240 e. The number of phenols is 1. The number of amides is 2. The van der Waals surface area contributed by atoms with Gasteiger partial charge in [-0.1, -0.05) is 42.5 Å². The van der Waals surface area contributed by atoms with E-state index in [2.05, 4.69) is 5.32 Å². The molecule has 0 aliphatic rings. The van der Waals surface area contributed by atoms with E-state index in [4.69, 9.17) is 16.9 Å². The van der Waals surface area contributed by atoms with E-state index in [-0.39, 0.29) is 24.2 Å². The fraction of sp³-hybridized carbons (Fsp3) is 0.348. The van der Waals surface area contributed by atoms with Crippen molar-refractivity contribution >= 4 is 17.8 Å². The van der Waals surface area contributed by atoms with E-state index < -0.39 is 11.9 Å². The highest BCUT2D eigenvalue weighted by molar-refractivity contribution is 5.86. The molecule has 0 spiro atoms. The third kappa shape index (κ3) is 8.38. The Bertz CT molecular complexity index is 855. The molecular formula is C23H31N5O3. The number of primary amides is 1. The van der Waals surface area contributed by atoms with Crippen molar-refractivity contribution < 1.29 is 14.7 Å². The lowest BCUT2D eigenvalue weighted by molar-refractivity contribution is -0.140. The minimum Gasteiger partial charge on any atom is -0.508 e. The Hall–Kier alpha value is -3.55. The number of nitrogens with zero attached hydrogens (tertiary/aromatic N) is 1. The number of rotatable bonds is 12. The van der Waals surface area contributed by atoms with Crippen molar-refractivity contribution in [1.82, 2.24) is 10.2 Å².